The third kappa shape index (κ3) is 6.15. The standard InChI is InChI=1S/C24H22O3/c1-19(25)12-13-22-14-23(26-17-20-8-4-2-5-9-20)16-24(15-22)27-18-21-10-6-3-7-11-21/h2-16H,17-18H2,1H3/b13-12+. The van der Waals surface area contributed by atoms with E-state index in [1.807, 2.05) is 78.9 Å². The average molecular weight is 358 g/mol. The van der Waals surface area contributed by atoms with Crippen molar-refractivity contribution in [3.63, 3.8) is 0 Å². The summed E-state index contributed by atoms with van der Waals surface area (Å²) in [7, 11) is 0. The van der Waals surface area contributed by atoms with Gasteiger partial charge in [0.2, 0.25) is 0 Å². The Morgan fingerprint density at radius 1 is 0.778 bits per heavy atom. The Labute approximate surface area is 159 Å². The van der Waals surface area contributed by atoms with Crippen LogP contribution >= 0.6 is 0 Å². The van der Waals surface area contributed by atoms with Crippen molar-refractivity contribution in [1.82, 2.24) is 0 Å². The molecule has 0 spiro atoms. The molecule has 136 valence electrons. The smallest absolute Gasteiger partial charge is 0.152 e. The summed E-state index contributed by atoms with van der Waals surface area (Å²) in [5.41, 5.74) is 3.04. The molecule has 0 amide bonds. The summed E-state index contributed by atoms with van der Waals surface area (Å²) < 4.78 is 11.9. The number of carbonyl (C=O) groups excluding carboxylic acids is 1. The van der Waals surface area contributed by atoms with Crippen LogP contribution in [-0.2, 0) is 18.0 Å². The van der Waals surface area contributed by atoms with Gasteiger partial charge in [0, 0.05) is 6.07 Å². The van der Waals surface area contributed by atoms with Gasteiger partial charge in [-0.15, -0.1) is 0 Å². The SMILES string of the molecule is CC(=O)/C=C/c1cc(OCc2ccccc2)cc(OCc2ccccc2)c1. The van der Waals surface area contributed by atoms with Crippen LogP contribution in [-0.4, -0.2) is 5.78 Å². The van der Waals surface area contributed by atoms with E-state index in [0.717, 1.165) is 16.7 Å². The summed E-state index contributed by atoms with van der Waals surface area (Å²) in [4.78, 5) is 11.3. The second kappa shape index (κ2) is 9.39. The normalized spacial score (nSPS) is 10.7. The van der Waals surface area contributed by atoms with Crippen molar-refractivity contribution in [2.45, 2.75) is 20.1 Å². The maximum atomic E-state index is 11.3. The van der Waals surface area contributed by atoms with E-state index in [4.69, 9.17) is 9.47 Å². The first-order chi connectivity index (χ1) is 13.2. The van der Waals surface area contributed by atoms with Crippen molar-refractivity contribution in [2.24, 2.45) is 0 Å². The summed E-state index contributed by atoms with van der Waals surface area (Å²) in [5.74, 6) is 1.40. The molecule has 0 N–H and O–H groups in total. The van der Waals surface area contributed by atoms with Gasteiger partial charge in [-0.1, -0.05) is 66.7 Å². The van der Waals surface area contributed by atoms with E-state index >= 15 is 0 Å². The fourth-order valence-corrected chi connectivity index (χ4v) is 2.55. The maximum Gasteiger partial charge on any atom is 0.152 e. The van der Waals surface area contributed by atoms with Gasteiger partial charge in [-0.3, -0.25) is 4.79 Å². The minimum absolute atomic E-state index is 0.00244. The molecule has 0 saturated heterocycles. The molecule has 0 unspecified atom stereocenters. The topological polar surface area (TPSA) is 35.5 Å². The third-order valence-corrected chi connectivity index (χ3v) is 3.91. The molecule has 0 aromatic heterocycles. The van der Waals surface area contributed by atoms with Crippen LogP contribution in [0.5, 0.6) is 11.5 Å². The molecule has 0 bridgehead atoms. The number of hydrogen-bond donors (Lipinski definition) is 0. The van der Waals surface area contributed by atoms with Crippen LogP contribution in [0.4, 0.5) is 0 Å². The monoisotopic (exact) mass is 358 g/mol. The lowest BCUT2D eigenvalue weighted by molar-refractivity contribution is -0.112. The molecule has 27 heavy (non-hydrogen) atoms. The second-order valence-electron chi connectivity index (χ2n) is 6.23. The first-order valence-corrected chi connectivity index (χ1v) is 8.86. The highest BCUT2D eigenvalue weighted by Crippen LogP contribution is 2.25. The van der Waals surface area contributed by atoms with Gasteiger partial charge in [0.05, 0.1) is 0 Å². The summed E-state index contributed by atoms with van der Waals surface area (Å²) in [6.07, 6.45) is 3.31. The third-order valence-electron chi connectivity index (χ3n) is 3.91. The van der Waals surface area contributed by atoms with Gasteiger partial charge in [-0.05, 0) is 41.8 Å². The number of hydrogen-bond acceptors (Lipinski definition) is 3. The average Bonchev–Trinajstić information content (AvgIpc) is 2.71. The molecule has 0 radical (unpaired) electrons. The molecule has 0 fully saturated rings. The van der Waals surface area contributed by atoms with Gasteiger partial charge in [-0.25, -0.2) is 0 Å². The second-order valence-corrected chi connectivity index (χ2v) is 6.23. The predicted octanol–water partition coefficient (Wildman–Crippen LogP) is 5.45. The molecule has 3 aromatic carbocycles. The van der Waals surface area contributed by atoms with Crippen molar-refractivity contribution >= 4 is 11.9 Å². The van der Waals surface area contributed by atoms with Crippen LogP contribution in [0.25, 0.3) is 6.08 Å². The molecule has 0 heterocycles. The molecule has 0 saturated carbocycles. The Bertz CT molecular complexity index is 838. The van der Waals surface area contributed by atoms with E-state index < -0.39 is 0 Å². The highest BCUT2D eigenvalue weighted by Gasteiger charge is 2.04. The molecule has 3 heteroatoms. The molecular weight excluding hydrogens is 336 g/mol. The van der Waals surface area contributed by atoms with E-state index in [-0.39, 0.29) is 5.78 Å². The predicted molar refractivity (Wildman–Crippen MR) is 108 cm³/mol. The number of benzene rings is 3. The van der Waals surface area contributed by atoms with E-state index in [0.29, 0.717) is 24.7 Å². The van der Waals surface area contributed by atoms with Gasteiger partial charge in [-0.2, -0.15) is 0 Å². The zero-order valence-electron chi connectivity index (χ0n) is 15.3. The van der Waals surface area contributed by atoms with E-state index in [9.17, 15) is 4.79 Å². The lowest BCUT2D eigenvalue weighted by atomic mass is 10.1. The Morgan fingerprint density at radius 3 is 1.70 bits per heavy atom. The first-order valence-electron chi connectivity index (χ1n) is 8.86. The molecule has 0 aliphatic heterocycles. The Morgan fingerprint density at radius 2 is 1.26 bits per heavy atom. The summed E-state index contributed by atoms with van der Waals surface area (Å²) in [5, 5.41) is 0. The summed E-state index contributed by atoms with van der Waals surface area (Å²) in [6.45, 7) is 2.47. The molecular formula is C24H22O3. The molecule has 3 aromatic rings. The maximum absolute atomic E-state index is 11.3. The van der Waals surface area contributed by atoms with Crippen molar-refractivity contribution in [1.29, 1.82) is 0 Å². The van der Waals surface area contributed by atoms with Crippen molar-refractivity contribution in [2.75, 3.05) is 0 Å². The van der Waals surface area contributed by atoms with Crippen molar-refractivity contribution in [3.8, 4) is 11.5 Å². The van der Waals surface area contributed by atoms with Crippen LogP contribution in [0, 0.1) is 0 Å². The largest absolute Gasteiger partial charge is 0.489 e. The van der Waals surface area contributed by atoms with Gasteiger partial charge in [0.15, 0.2) is 5.78 Å². The quantitative estimate of drug-likeness (QED) is 0.503. The fourth-order valence-electron chi connectivity index (χ4n) is 2.55. The first kappa shape index (κ1) is 18.5. The van der Waals surface area contributed by atoms with E-state index in [1.165, 1.54) is 13.0 Å². The zero-order valence-corrected chi connectivity index (χ0v) is 15.3. The van der Waals surface area contributed by atoms with Crippen molar-refractivity contribution < 1.29 is 14.3 Å². The van der Waals surface area contributed by atoms with Crippen LogP contribution in [0.15, 0.2) is 84.9 Å². The minimum atomic E-state index is -0.00244. The van der Waals surface area contributed by atoms with Crippen molar-refractivity contribution in [3.05, 3.63) is 102 Å². The fraction of sp³-hybridized carbons (Fsp3) is 0.125. The molecule has 3 rings (SSSR count). The van der Waals surface area contributed by atoms with Gasteiger partial charge in [0.1, 0.15) is 24.7 Å². The van der Waals surface area contributed by atoms with Crippen LogP contribution in [0.2, 0.25) is 0 Å². The Hall–Kier alpha value is -3.33. The minimum Gasteiger partial charge on any atom is -0.489 e. The highest BCUT2D eigenvalue weighted by atomic mass is 16.5. The molecule has 0 aliphatic rings. The van der Waals surface area contributed by atoms with E-state index in [2.05, 4.69) is 0 Å². The molecule has 0 aliphatic carbocycles. The zero-order chi connectivity index (χ0) is 18.9. The summed E-state index contributed by atoms with van der Waals surface area (Å²) >= 11 is 0. The molecule has 0 atom stereocenters. The molecule has 3 nitrogen and oxygen atoms in total. The Kier molecular flexibility index (Phi) is 6.42. The van der Waals surface area contributed by atoms with Gasteiger partial charge in [0.25, 0.3) is 0 Å². The lowest BCUT2D eigenvalue weighted by Crippen LogP contribution is -1.98. The van der Waals surface area contributed by atoms with Crippen LogP contribution in [0.3, 0.4) is 0 Å². The number of ketones is 1. The number of ether oxygens (including phenoxy) is 2. The van der Waals surface area contributed by atoms with E-state index in [1.54, 1.807) is 6.08 Å². The van der Waals surface area contributed by atoms with Gasteiger partial charge >= 0.3 is 0 Å². The number of allylic oxidation sites excluding steroid dienone is 1. The number of rotatable bonds is 8. The van der Waals surface area contributed by atoms with Gasteiger partial charge < -0.3 is 9.47 Å². The van der Waals surface area contributed by atoms with Crippen LogP contribution < -0.4 is 9.47 Å². The van der Waals surface area contributed by atoms with Crippen LogP contribution in [0.1, 0.15) is 23.6 Å². The summed E-state index contributed by atoms with van der Waals surface area (Å²) in [6, 6.07) is 25.7. The highest BCUT2D eigenvalue weighted by molar-refractivity contribution is 5.91. The lowest BCUT2D eigenvalue weighted by Gasteiger charge is -2.12. The Balaban J connectivity index is 1.76. The number of carbonyl (C=O) groups is 1.